The van der Waals surface area contributed by atoms with Crippen molar-refractivity contribution in [2.24, 2.45) is 35.6 Å². The summed E-state index contributed by atoms with van der Waals surface area (Å²) in [6.45, 7) is 5.64. The minimum atomic E-state index is -1.27. The number of carboxylic acids is 1. The lowest BCUT2D eigenvalue weighted by Gasteiger charge is -2.44. The van der Waals surface area contributed by atoms with Crippen molar-refractivity contribution >= 4 is 46.6 Å². The number of aromatic nitrogens is 6. The second-order valence-electron chi connectivity index (χ2n) is 12.8. The van der Waals surface area contributed by atoms with Crippen molar-refractivity contribution in [3.05, 3.63) is 47.1 Å². The summed E-state index contributed by atoms with van der Waals surface area (Å²) in [5, 5.41) is 43.3. The highest BCUT2D eigenvalue weighted by molar-refractivity contribution is 7.99. The fourth-order valence-electron chi connectivity index (χ4n) is 8.77. The van der Waals surface area contributed by atoms with Crippen LogP contribution in [0.3, 0.4) is 0 Å². The molecule has 0 amide bonds. The summed E-state index contributed by atoms with van der Waals surface area (Å²) in [4.78, 5) is 54.1. The van der Waals surface area contributed by atoms with E-state index >= 15 is 0 Å². The predicted molar refractivity (Wildman–Crippen MR) is 155 cm³/mol. The predicted octanol–water partition coefficient (Wildman–Crippen LogP) is 1.76. The lowest BCUT2D eigenvalue weighted by atomic mass is 9.61. The summed E-state index contributed by atoms with van der Waals surface area (Å²) in [6.07, 6.45) is 6.94. The number of hydrogen-bond donors (Lipinski definition) is 5. The quantitative estimate of drug-likeness (QED) is 0.0899. The van der Waals surface area contributed by atoms with Crippen LogP contribution in [0.2, 0.25) is 0 Å². The number of carbonyl (C=O) groups is 2. The smallest absolute Gasteiger partial charge is 0.396 e. The van der Waals surface area contributed by atoms with Crippen molar-refractivity contribution in [2.45, 2.75) is 60.0 Å². The molecular formula is C28H30N8O8S. The van der Waals surface area contributed by atoms with Crippen molar-refractivity contribution in [3.8, 4) is 0 Å². The number of anilines is 1. The van der Waals surface area contributed by atoms with Crippen LogP contribution in [0.5, 0.6) is 0 Å². The summed E-state index contributed by atoms with van der Waals surface area (Å²) in [5.41, 5.74) is 3.29. The van der Waals surface area contributed by atoms with Crippen molar-refractivity contribution < 1.29 is 34.6 Å². The number of carboxylic acid groups (broad SMARTS) is 1. The number of aliphatic hydroxyl groups is 2. The average molecular weight is 639 g/mol. The number of esters is 1. The average Bonchev–Trinajstić information content (AvgIpc) is 3.71. The van der Waals surface area contributed by atoms with Crippen LogP contribution in [0, 0.1) is 38.7 Å². The number of ether oxygens (including phenoxy) is 1. The molecule has 3 aromatic heterocycles. The number of nitrogens with two attached hydrogens (primary N) is 1. The number of nitrogens with zero attached hydrogens (tertiary/aromatic N) is 6. The molecule has 8 atom stereocenters. The minimum absolute atomic E-state index is 0.0527. The van der Waals surface area contributed by atoms with E-state index in [0.29, 0.717) is 52.5 Å². The summed E-state index contributed by atoms with van der Waals surface area (Å²) >= 11 is 1.08. The van der Waals surface area contributed by atoms with Crippen molar-refractivity contribution in [3.63, 3.8) is 0 Å². The normalized spacial score (nSPS) is 37.2. The van der Waals surface area contributed by atoms with E-state index in [-0.39, 0.29) is 17.7 Å². The largest absolute Gasteiger partial charge is 0.481 e. The molecule has 5 aliphatic rings. The molecule has 236 valence electrons. The Labute approximate surface area is 259 Å². The molecule has 6 N–H and O–H groups in total. The fourth-order valence-corrected chi connectivity index (χ4v) is 9.75. The van der Waals surface area contributed by atoms with Crippen LogP contribution in [-0.4, -0.2) is 79.0 Å². The van der Waals surface area contributed by atoms with Gasteiger partial charge in [-0.25, -0.2) is 9.97 Å². The van der Waals surface area contributed by atoms with E-state index in [9.17, 15) is 35.0 Å². The first kappa shape index (κ1) is 29.4. The standard InChI is InChI=1S/C19H22O6.C9H8N8O2S/c1-9-7-17-8-18(9,24)5-3-10(17)19-6-4-11(20)16(2,15(23)25-19)13(19)12(17)14(21)22;1-16-3-13-6(17(18)19)8(16)20-7-4-5(12-2-11-4)14-9(10)15-7/h4,6,10-13,20,24H,1,3,5,7-8H2,2H3,(H,21,22);2-3H,1H3,(H3,10,11,12,14,15)/t10-,11+,12-,13-,16-,17+,18+,19-;/m1./s1. The first-order valence-electron chi connectivity index (χ1n) is 14.2. The SMILES string of the molecule is C=C1C[C@]23C[C@@]1(O)CC[C@H]2[C@@]12C=C[C@H](O)[C@@](C)(C(=O)O1)[C@H]2[C@@H]3C(=O)O.Cn1cnc([N+](=O)[O-])c1Sc1nc(N)nc2nc[nH]c12. The van der Waals surface area contributed by atoms with Gasteiger partial charge in [0.1, 0.15) is 21.6 Å². The number of nitro groups is 1. The number of H-pyrrole nitrogens is 1. The number of rotatable bonds is 4. The third-order valence-corrected chi connectivity index (χ3v) is 11.8. The molecule has 8 rings (SSSR count). The third-order valence-electron chi connectivity index (χ3n) is 10.6. The second kappa shape index (κ2) is 9.34. The number of aliphatic carboxylic acids is 1. The van der Waals surface area contributed by atoms with Crippen molar-refractivity contribution in [2.75, 3.05) is 5.73 Å². The molecule has 1 saturated heterocycles. The van der Waals surface area contributed by atoms with Crippen molar-refractivity contribution in [1.82, 2.24) is 29.5 Å². The highest BCUT2D eigenvalue weighted by atomic mass is 32.2. The Kier molecular flexibility index (Phi) is 6.09. The number of hydrogen-bond acceptors (Lipinski definition) is 13. The number of aromatic amines is 1. The Morgan fingerprint density at radius 2 is 2.11 bits per heavy atom. The summed E-state index contributed by atoms with van der Waals surface area (Å²) in [5.74, 6) is -3.36. The van der Waals surface area contributed by atoms with Crippen LogP contribution in [0.1, 0.15) is 32.6 Å². The second-order valence-corrected chi connectivity index (χ2v) is 13.7. The molecule has 3 saturated carbocycles. The molecule has 16 nitrogen and oxygen atoms in total. The van der Waals surface area contributed by atoms with Gasteiger partial charge in [-0.3, -0.25) is 9.59 Å². The molecule has 0 radical (unpaired) electrons. The molecule has 0 aromatic carbocycles. The number of nitrogens with one attached hydrogen (secondary N) is 1. The molecular weight excluding hydrogens is 608 g/mol. The molecule has 4 fully saturated rings. The Balaban J connectivity index is 0.000000149. The zero-order valence-corrected chi connectivity index (χ0v) is 25.0. The molecule has 4 aliphatic carbocycles. The molecule has 0 unspecified atom stereocenters. The van der Waals surface area contributed by atoms with E-state index in [0.717, 1.165) is 11.8 Å². The molecule has 17 heteroatoms. The molecule has 3 aromatic rings. The summed E-state index contributed by atoms with van der Waals surface area (Å²) < 4.78 is 7.42. The molecule has 1 aliphatic heterocycles. The molecule has 4 heterocycles. The van der Waals surface area contributed by atoms with E-state index in [1.54, 1.807) is 30.7 Å². The monoisotopic (exact) mass is 638 g/mol. The zero-order chi connectivity index (χ0) is 32.3. The molecule has 4 bridgehead atoms. The van der Waals surface area contributed by atoms with E-state index in [4.69, 9.17) is 10.5 Å². The first-order valence-corrected chi connectivity index (χ1v) is 15.0. The van der Waals surface area contributed by atoms with Gasteiger partial charge in [0.05, 0.1) is 24.0 Å². The third kappa shape index (κ3) is 3.74. The van der Waals surface area contributed by atoms with Gasteiger partial charge >= 0.3 is 17.8 Å². The molecule has 45 heavy (non-hydrogen) atoms. The van der Waals surface area contributed by atoms with Crippen LogP contribution in [-0.2, 0) is 21.4 Å². The maximum Gasteiger partial charge on any atom is 0.396 e. The lowest BCUT2D eigenvalue weighted by molar-refractivity contribution is -0.392. The maximum absolute atomic E-state index is 12.7. The lowest BCUT2D eigenvalue weighted by Crippen LogP contribution is -2.50. The van der Waals surface area contributed by atoms with E-state index in [1.807, 2.05) is 0 Å². The number of aliphatic hydroxyl groups excluding tert-OH is 1. The molecule has 1 spiro atoms. The first-order chi connectivity index (χ1) is 21.2. The van der Waals surface area contributed by atoms with Gasteiger partial charge < -0.3 is 45.5 Å². The Morgan fingerprint density at radius 1 is 1.36 bits per heavy atom. The van der Waals surface area contributed by atoms with Crippen LogP contribution < -0.4 is 5.73 Å². The van der Waals surface area contributed by atoms with Gasteiger partial charge in [0.25, 0.3) is 0 Å². The fraction of sp³-hybridized carbons (Fsp3) is 0.500. The number of nitrogen functional groups attached to an aromatic ring is 1. The van der Waals surface area contributed by atoms with E-state index in [2.05, 4.69) is 31.5 Å². The van der Waals surface area contributed by atoms with Gasteiger partial charge in [0, 0.05) is 18.9 Å². The maximum atomic E-state index is 12.7. The Morgan fingerprint density at radius 3 is 2.82 bits per heavy atom. The Bertz CT molecular complexity index is 1860. The van der Waals surface area contributed by atoms with Crippen LogP contribution >= 0.6 is 11.8 Å². The van der Waals surface area contributed by atoms with Gasteiger partial charge in [0.2, 0.25) is 12.3 Å². The number of fused-ring (bicyclic) bond motifs is 2. The Hall–Kier alpha value is -4.35. The minimum Gasteiger partial charge on any atom is -0.481 e. The highest BCUT2D eigenvalue weighted by Crippen LogP contribution is 2.77. The van der Waals surface area contributed by atoms with E-state index in [1.165, 1.54) is 12.7 Å². The van der Waals surface area contributed by atoms with Gasteiger partial charge in [-0.2, -0.15) is 4.98 Å². The van der Waals surface area contributed by atoms with Gasteiger partial charge in [0.15, 0.2) is 10.7 Å². The van der Waals surface area contributed by atoms with Crippen LogP contribution in [0.25, 0.3) is 11.2 Å². The highest BCUT2D eigenvalue weighted by Gasteiger charge is 2.83. The van der Waals surface area contributed by atoms with Crippen LogP contribution in [0.15, 0.2) is 47.0 Å². The summed E-state index contributed by atoms with van der Waals surface area (Å²) in [6, 6.07) is 0. The zero-order valence-electron chi connectivity index (χ0n) is 24.2. The van der Waals surface area contributed by atoms with Gasteiger partial charge in [-0.05, 0) is 71.3 Å². The number of aryl methyl sites for hydroxylation is 1. The summed E-state index contributed by atoms with van der Waals surface area (Å²) in [7, 11) is 1.66. The van der Waals surface area contributed by atoms with Gasteiger partial charge in [-0.1, -0.05) is 12.7 Å². The van der Waals surface area contributed by atoms with Crippen molar-refractivity contribution in [1.29, 1.82) is 0 Å². The van der Waals surface area contributed by atoms with E-state index < -0.39 is 56.8 Å². The van der Waals surface area contributed by atoms with Gasteiger partial charge in [-0.15, -0.1) is 0 Å². The number of imidazole rings is 2. The topological polar surface area (TPSA) is 246 Å². The number of carbonyl (C=O) groups excluding carboxylic acids is 1. The van der Waals surface area contributed by atoms with Crippen LogP contribution in [0.4, 0.5) is 11.8 Å².